The van der Waals surface area contributed by atoms with Crippen LogP contribution < -0.4 is 5.73 Å². The van der Waals surface area contributed by atoms with Crippen LogP contribution >= 0.6 is 0 Å². The molecule has 1 saturated heterocycles. The summed E-state index contributed by atoms with van der Waals surface area (Å²) in [6, 6.07) is 2.44. The molecule has 2 unspecified atom stereocenters. The highest BCUT2D eigenvalue weighted by Gasteiger charge is 2.36. The van der Waals surface area contributed by atoms with Gasteiger partial charge in [0.05, 0.1) is 12.2 Å². The molecule has 2 N–H and O–H groups in total. The predicted octanol–water partition coefficient (Wildman–Crippen LogP) is 3.27. The lowest BCUT2D eigenvalue weighted by atomic mass is 9.88. The Balaban J connectivity index is 2.29. The van der Waals surface area contributed by atoms with Crippen LogP contribution in [0.2, 0.25) is 0 Å². The van der Waals surface area contributed by atoms with E-state index >= 15 is 0 Å². The Kier molecular flexibility index (Phi) is 4.10. The van der Waals surface area contributed by atoms with Crippen molar-refractivity contribution in [1.82, 2.24) is 0 Å². The van der Waals surface area contributed by atoms with Crippen molar-refractivity contribution < 1.29 is 22.3 Å². The summed E-state index contributed by atoms with van der Waals surface area (Å²) < 4.78 is 57.1. The van der Waals surface area contributed by atoms with Gasteiger partial charge in [-0.3, -0.25) is 0 Å². The Labute approximate surface area is 108 Å². The van der Waals surface area contributed by atoms with Crippen molar-refractivity contribution in [2.75, 3.05) is 13.2 Å². The van der Waals surface area contributed by atoms with Crippen LogP contribution in [0.25, 0.3) is 0 Å². The molecule has 106 valence electrons. The van der Waals surface area contributed by atoms with Gasteiger partial charge >= 0.3 is 6.18 Å². The molecule has 1 aliphatic rings. The molecule has 1 aromatic rings. The zero-order valence-corrected chi connectivity index (χ0v) is 10.2. The highest BCUT2D eigenvalue weighted by molar-refractivity contribution is 5.30. The number of halogens is 4. The third kappa shape index (κ3) is 3.06. The van der Waals surface area contributed by atoms with Crippen molar-refractivity contribution in [2.45, 2.75) is 25.1 Å². The maximum atomic E-state index is 13.9. The lowest BCUT2D eigenvalue weighted by molar-refractivity contribution is -0.140. The Hall–Kier alpha value is -1.14. The van der Waals surface area contributed by atoms with E-state index in [1.165, 1.54) is 12.1 Å². The van der Waals surface area contributed by atoms with Crippen LogP contribution in [0.4, 0.5) is 17.6 Å². The summed E-state index contributed by atoms with van der Waals surface area (Å²) in [5, 5.41) is 0. The molecule has 1 fully saturated rings. The average molecular weight is 277 g/mol. The number of nitrogens with two attached hydrogens (primary N) is 1. The molecule has 1 aliphatic heterocycles. The number of hydrogen-bond acceptors (Lipinski definition) is 2. The van der Waals surface area contributed by atoms with Crippen LogP contribution in [-0.4, -0.2) is 13.2 Å². The van der Waals surface area contributed by atoms with E-state index in [-0.39, 0.29) is 11.5 Å². The molecule has 0 spiro atoms. The van der Waals surface area contributed by atoms with Gasteiger partial charge in [-0.1, -0.05) is 12.1 Å². The topological polar surface area (TPSA) is 35.2 Å². The first-order valence-electron chi connectivity index (χ1n) is 6.10. The fourth-order valence-electron chi connectivity index (χ4n) is 2.33. The first-order valence-corrected chi connectivity index (χ1v) is 6.10. The molecule has 0 saturated carbocycles. The summed E-state index contributed by atoms with van der Waals surface area (Å²) >= 11 is 0. The molecule has 2 atom stereocenters. The number of rotatable bonds is 2. The third-order valence-electron chi connectivity index (χ3n) is 3.40. The van der Waals surface area contributed by atoms with Crippen LogP contribution in [0.3, 0.4) is 0 Å². The molecule has 2 nitrogen and oxygen atoms in total. The molecule has 19 heavy (non-hydrogen) atoms. The zero-order valence-electron chi connectivity index (χ0n) is 10.2. The van der Waals surface area contributed by atoms with Crippen molar-refractivity contribution in [3.8, 4) is 0 Å². The summed E-state index contributed by atoms with van der Waals surface area (Å²) in [6.07, 6.45) is -3.18. The minimum atomic E-state index is -4.71. The molecule has 0 amide bonds. The minimum absolute atomic E-state index is 0.0923. The van der Waals surface area contributed by atoms with Crippen LogP contribution in [0.5, 0.6) is 0 Å². The van der Waals surface area contributed by atoms with E-state index in [1.54, 1.807) is 0 Å². The van der Waals surface area contributed by atoms with Gasteiger partial charge in [-0.05, 0) is 18.9 Å². The maximum Gasteiger partial charge on any atom is 0.419 e. The van der Waals surface area contributed by atoms with Gasteiger partial charge in [-0.15, -0.1) is 0 Å². The quantitative estimate of drug-likeness (QED) is 0.842. The largest absolute Gasteiger partial charge is 0.419 e. The Morgan fingerprint density at radius 2 is 2.05 bits per heavy atom. The van der Waals surface area contributed by atoms with Gasteiger partial charge in [0.1, 0.15) is 5.82 Å². The Bertz CT molecular complexity index is 441. The van der Waals surface area contributed by atoms with Crippen LogP contribution in [-0.2, 0) is 10.9 Å². The van der Waals surface area contributed by atoms with Gasteiger partial charge in [-0.2, -0.15) is 13.2 Å². The van der Waals surface area contributed by atoms with E-state index in [1.807, 2.05) is 0 Å². The first-order chi connectivity index (χ1) is 8.91. The molecular weight excluding hydrogens is 262 g/mol. The van der Waals surface area contributed by atoms with Gasteiger partial charge in [-0.25, -0.2) is 4.39 Å². The van der Waals surface area contributed by atoms with Gasteiger partial charge < -0.3 is 10.5 Å². The average Bonchev–Trinajstić information content (AvgIpc) is 2.38. The zero-order chi connectivity index (χ0) is 14.0. The van der Waals surface area contributed by atoms with Crippen molar-refractivity contribution in [1.29, 1.82) is 0 Å². The summed E-state index contributed by atoms with van der Waals surface area (Å²) in [5.41, 5.74) is 4.54. The van der Waals surface area contributed by atoms with Gasteiger partial charge in [0.25, 0.3) is 0 Å². The highest BCUT2D eigenvalue weighted by Crippen LogP contribution is 2.35. The lowest BCUT2D eigenvalue weighted by Gasteiger charge is -2.28. The fraction of sp³-hybridized carbons (Fsp3) is 0.538. The van der Waals surface area contributed by atoms with Crippen molar-refractivity contribution in [3.63, 3.8) is 0 Å². The van der Waals surface area contributed by atoms with E-state index in [0.29, 0.717) is 13.2 Å². The van der Waals surface area contributed by atoms with Gasteiger partial charge in [0.15, 0.2) is 0 Å². The minimum Gasteiger partial charge on any atom is -0.381 e. The molecule has 0 aromatic heterocycles. The van der Waals surface area contributed by atoms with Crippen LogP contribution in [0.1, 0.15) is 30.0 Å². The normalized spacial score (nSPS) is 22.3. The van der Waals surface area contributed by atoms with Gasteiger partial charge in [0.2, 0.25) is 0 Å². The SMILES string of the molecule is NC(c1cccc(C(F)(F)F)c1F)C1CCCOC1. The number of alkyl halides is 3. The third-order valence-corrected chi connectivity index (χ3v) is 3.40. The van der Waals surface area contributed by atoms with Crippen LogP contribution in [0.15, 0.2) is 18.2 Å². The molecule has 6 heteroatoms. The molecule has 1 heterocycles. The van der Waals surface area contributed by atoms with Crippen LogP contribution in [0, 0.1) is 11.7 Å². The van der Waals surface area contributed by atoms with E-state index in [9.17, 15) is 17.6 Å². The summed E-state index contributed by atoms with van der Waals surface area (Å²) in [7, 11) is 0. The summed E-state index contributed by atoms with van der Waals surface area (Å²) in [4.78, 5) is 0. The molecular formula is C13H15F4NO. The Morgan fingerprint density at radius 1 is 1.32 bits per heavy atom. The predicted molar refractivity (Wildman–Crippen MR) is 61.9 cm³/mol. The van der Waals surface area contributed by atoms with E-state index in [4.69, 9.17) is 10.5 Å². The number of ether oxygens (including phenoxy) is 1. The van der Waals surface area contributed by atoms with E-state index in [0.717, 1.165) is 18.9 Å². The van der Waals surface area contributed by atoms with Crippen molar-refractivity contribution >= 4 is 0 Å². The highest BCUT2D eigenvalue weighted by atomic mass is 19.4. The first kappa shape index (κ1) is 14.3. The molecule has 0 bridgehead atoms. The summed E-state index contributed by atoms with van der Waals surface area (Å²) in [6.45, 7) is 0.977. The molecule has 0 aliphatic carbocycles. The second-order valence-corrected chi connectivity index (χ2v) is 4.71. The number of hydrogen-bond donors (Lipinski definition) is 1. The lowest BCUT2D eigenvalue weighted by Crippen LogP contribution is -2.30. The van der Waals surface area contributed by atoms with Crippen molar-refractivity contribution in [3.05, 3.63) is 35.1 Å². The Morgan fingerprint density at radius 3 is 2.63 bits per heavy atom. The number of benzene rings is 1. The second kappa shape index (κ2) is 5.46. The molecule has 1 aromatic carbocycles. The van der Waals surface area contributed by atoms with Crippen molar-refractivity contribution in [2.24, 2.45) is 11.7 Å². The maximum absolute atomic E-state index is 13.9. The smallest absolute Gasteiger partial charge is 0.381 e. The molecule has 2 rings (SSSR count). The van der Waals surface area contributed by atoms with Gasteiger partial charge in [0, 0.05) is 24.1 Å². The summed E-state index contributed by atoms with van der Waals surface area (Å²) in [5.74, 6) is -1.42. The monoisotopic (exact) mass is 277 g/mol. The molecule has 0 radical (unpaired) electrons. The van der Waals surface area contributed by atoms with E-state index in [2.05, 4.69) is 0 Å². The second-order valence-electron chi connectivity index (χ2n) is 4.71. The fourth-order valence-corrected chi connectivity index (χ4v) is 2.33. The van der Waals surface area contributed by atoms with E-state index < -0.39 is 23.6 Å². The standard InChI is InChI=1S/C13H15F4NO/c14-11-9(4-1-5-10(11)13(15,16)17)12(18)8-3-2-6-19-7-8/h1,4-5,8,12H,2-3,6-7,18H2.